The minimum Gasteiger partial charge on any atom is -1.00 e. The summed E-state index contributed by atoms with van der Waals surface area (Å²) in [6.07, 6.45) is 0. The zero-order chi connectivity index (χ0) is 3.58. The van der Waals surface area contributed by atoms with Crippen LogP contribution in [0.3, 0.4) is 0 Å². The Morgan fingerprint density at radius 3 is 0.917 bits per heavy atom. The van der Waals surface area contributed by atoms with Crippen LogP contribution >= 0.6 is 0 Å². The van der Waals surface area contributed by atoms with Crippen LogP contribution in [-0.4, -0.2) is 43.9 Å². The number of aliphatic carboxylic acids is 1. The fourth-order valence-corrected chi connectivity index (χ4v) is 0. The quantitative estimate of drug-likeness (QED) is 0.397. The number of hydrogen-bond donors (Lipinski definition) is 1. The zero-order valence-electron chi connectivity index (χ0n) is 6.73. The van der Waals surface area contributed by atoms with Gasteiger partial charge in [0.25, 0.3) is 5.97 Å². The molecule has 0 atom stereocenters. The van der Waals surface area contributed by atoms with E-state index in [2.05, 4.69) is 0 Å². The molecule has 80 valence electrons. The van der Waals surface area contributed by atoms with Crippen LogP contribution in [0.25, 0.3) is 0 Å². The van der Waals surface area contributed by atoms with E-state index in [1.54, 1.807) is 0 Å². The van der Waals surface area contributed by atoms with Crippen LogP contribution in [0.4, 0.5) is 0 Å². The van der Waals surface area contributed by atoms with E-state index in [1.807, 2.05) is 0 Å². The molecular formula is C2H16ClNaO8. The molecule has 12 heavy (non-hydrogen) atoms. The maximum atomic E-state index is 9.00. The molecule has 0 radical (unpaired) electrons. The van der Waals surface area contributed by atoms with Crippen molar-refractivity contribution in [1.82, 2.24) is 0 Å². The number of halogens is 1. The van der Waals surface area contributed by atoms with Crippen molar-refractivity contribution in [2.45, 2.75) is 6.92 Å². The van der Waals surface area contributed by atoms with Crippen LogP contribution < -0.4 is 42.0 Å². The molecule has 0 aliphatic heterocycles. The topological polar surface area (TPSA) is 226 Å². The number of hydrogen-bond acceptors (Lipinski definition) is 1. The maximum absolute atomic E-state index is 9.00. The Balaban J connectivity index is -0.00000000161. The second-order valence-electron chi connectivity index (χ2n) is 0.519. The third-order valence-corrected chi connectivity index (χ3v) is 0. The largest absolute Gasteiger partial charge is 1.00 e. The predicted octanol–water partition coefficient (Wildman–Crippen LogP) is -10.8. The van der Waals surface area contributed by atoms with Gasteiger partial charge in [-0.2, -0.15) is 0 Å². The van der Waals surface area contributed by atoms with Gasteiger partial charge in [0.15, 0.2) is 0 Å². The molecule has 10 heteroatoms. The van der Waals surface area contributed by atoms with Gasteiger partial charge in [-0.1, -0.05) is 0 Å². The standard InChI is InChI=1S/C2H4O2.ClH.Na.6H2O/c1-2(3)4;;;;;;;;/h1H3,(H,3,4);1H;;6*1H2/q;;+1;;;;;;/p-1. The van der Waals surface area contributed by atoms with Gasteiger partial charge in [-0.25, -0.2) is 0 Å². The summed E-state index contributed by atoms with van der Waals surface area (Å²) in [5.74, 6) is -0.833. The van der Waals surface area contributed by atoms with Crippen molar-refractivity contribution in [1.29, 1.82) is 0 Å². The van der Waals surface area contributed by atoms with Gasteiger partial charge < -0.3 is 50.4 Å². The van der Waals surface area contributed by atoms with Gasteiger partial charge in [-0.3, -0.25) is 4.79 Å². The summed E-state index contributed by atoms with van der Waals surface area (Å²) in [6.45, 7) is 1.08. The van der Waals surface area contributed by atoms with Crippen LogP contribution in [0.15, 0.2) is 0 Å². The SMILES string of the molecule is CC(=O)O.O.O.O.O.O.O.[Cl-].[Na+]. The van der Waals surface area contributed by atoms with Crippen molar-refractivity contribution in [2.75, 3.05) is 0 Å². The van der Waals surface area contributed by atoms with E-state index in [0.29, 0.717) is 0 Å². The van der Waals surface area contributed by atoms with Crippen LogP contribution in [0.2, 0.25) is 0 Å². The van der Waals surface area contributed by atoms with E-state index in [4.69, 9.17) is 9.90 Å². The molecule has 0 rings (SSSR count). The molecule has 8 nitrogen and oxygen atoms in total. The average Bonchev–Trinajstić information content (AvgIpc) is 0.811. The molecule has 0 aliphatic carbocycles. The molecule has 0 aromatic carbocycles. The first kappa shape index (κ1) is 134. The van der Waals surface area contributed by atoms with E-state index < -0.39 is 5.97 Å². The van der Waals surface area contributed by atoms with Crippen molar-refractivity contribution in [3.63, 3.8) is 0 Å². The number of rotatable bonds is 0. The maximum Gasteiger partial charge on any atom is 1.00 e. The Bertz CT molecular complexity index is 40.0. The third kappa shape index (κ3) is 3530. The monoisotopic (exact) mass is 226 g/mol. The zero-order valence-corrected chi connectivity index (χ0v) is 9.49. The molecule has 0 amide bonds. The normalized spacial score (nSPS) is 2.08. The molecule has 0 fully saturated rings. The molecule has 0 heterocycles. The predicted molar refractivity (Wildman–Crippen MR) is 35.0 cm³/mol. The molecule has 0 aromatic heterocycles. The van der Waals surface area contributed by atoms with E-state index in [9.17, 15) is 0 Å². The Morgan fingerprint density at radius 1 is 0.917 bits per heavy atom. The summed E-state index contributed by atoms with van der Waals surface area (Å²) in [6, 6.07) is 0. The number of carbonyl (C=O) groups is 1. The molecule has 0 aromatic rings. The Kier molecular flexibility index (Phi) is 1150. The second-order valence-corrected chi connectivity index (χ2v) is 0.519. The minimum absolute atomic E-state index is 0. The Morgan fingerprint density at radius 2 is 0.917 bits per heavy atom. The van der Waals surface area contributed by atoms with Crippen LogP contribution in [0, 0.1) is 0 Å². The Hall–Kier alpha value is 0.520. The fourth-order valence-electron chi connectivity index (χ4n) is 0. The second kappa shape index (κ2) is 103. The first-order valence-electron chi connectivity index (χ1n) is 0.928. The van der Waals surface area contributed by atoms with E-state index in [0.717, 1.165) is 6.92 Å². The van der Waals surface area contributed by atoms with Gasteiger partial charge in [-0.05, 0) is 0 Å². The molecule has 0 saturated heterocycles. The van der Waals surface area contributed by atoms with Gasteiger partial charge in [0.1, 0.15) is 0 Å². The van der Waals surface area contributed by atoms with E-state index in [-0.39, 0.29) is 74.8 Å². The van der Waals surface area contributed by atoms with Gasteiger partial charge in [0.05, 0.1) is 0 Å². The molecule has 0 spiro atoms. The van der Waals surface area contributed by atoms with Gasteiger partial charge in [-0.15, -0.1) is 0 Å². The minimum atomic E-state index is -0.833. The summed E-state index contributed by atoms with van der Waals surface area (Å²) in [4.78, 5) is 9.00. The molecule has 0 bridgehead atoms. The molecule has 13 N–H and O–H groups in total. The number of carboxylic acid groups (broad SMARTS) is 1. The first-order valence-corrected chi connectivity index (χ1v) is 0.928. The summed E-state index contributed by atoms with van der Waals surface area (Å²) < 4.78 is 0. The van der Waals surface area contributed by atoms with E-state index >= 15 is 0 Å². The van der Waals surface area contributed by atoms with Crippen molar-refractivity contribution in [3.05, 3.63) is 0 Å². The average molecular weight is 227 g/mol. The summed E-state index contributed by atoms with van der Waals surface area (Å²) in [5.41, 5.74) is 0. The summed E-state index contributed by atoms with van der Waals surface area (Å²) in [5, 5.41) is 7.42. The fraction of sp³-hybridized carbons (Fsp3) is 0.500. The third-order valence-electron chi connectivity index (χ3n) is 0. The van der Waals surface area contributed by atoms with Crippen LogP contribution in [0.5, 0.6) is 0 Å². The van der Waals surface area contributed by atoms with Gasteiger partial charge >= 0.3 is 29.6 Å². The number of carboxylic acids is 1. The van der Waals surface area contributed by atoms with Crippen molar-refractivity contribution in [2.24, 2.45) is 0 Å². The molecular weight excluding hydrogens is 210 g/mol. The van der Waals surface area contributed by atoms with Crippen LogP contribution in [0.1, 0.15) is 6.92 Å². The van der Waals surface area contributed by atoms with Crippen molar-refractivity contribution >= 4 is 5.97 Å². The molecule has 0 aliphatic rings. The van der Waals surface area contributed by atoms with Crippen molar-refractivity contribution < 1.29 is 84.7 Å². The summed E-state index contributed by atoms with van der Waals surface area (Å²) in [7, 11) is 0. The molecule has 0 unspecified atom stereocenters. The van der Waals surface area contributed by atoms with E-state index in [1.165, 1.54) is 0 Å². The van der Waals surface area contributed by atoms with Crippen LogP contribution in [-0.2, 0) is 4.79 Å². The first-order chi connectivity index (χ1) is 1.73. The smallest absolute Gasteiger partial charge is 1.00 e. The summed E-state index contributed by atoms with van der Waals surface area (Å²) >= 11 is 0. The van der Waals surface area contributed by atoms with Crippen molar-refractivity contribution in [3.8, 4) is 0 Å². The Labute approximate surface area is 97.5 Å². The van der Waals surface area contributed by atoms with Gasteiger partial charge in [0, 0.05) is 6.92 Å². The molecule has 0 saturated carbocycles. The van der Waals surface area contributed by atoms with Gasteiger partial charge in [0.2, 0.25) is 0 Å².